The lowest BCUT2D eigenvalue weighted by molar-refractivity contribution is 0.206. The second-order valence-corrected chi connectivity index (χ2v) is 7.46. The van der Waals surface area contributed by atoms with Gasteiger partial charge in [0.2, 0.25) is 5.89 Å². The molecule has 25 heavy (non-hydrogen) atoms. The first-order valence-corrected chi connectivity index (χ1v) is 9.45. The molecule has 2 aromatic rings. The molecule has 0 aliphatic heterocycles. The molecule has 0 unspecified atom stereocenters. The van der Waals surface area contributed by atoms with Crippen molar-refractivity contribution in [3.63, 3.8) is 0 Å². The highest BCUT2D eigenvalue weighted by Gasteiger charge is 2.12. The maximum absolute atomic E-state index is 12.1. The van der Waals surface area contributed by atoms with Crippen LogP contribution in [0.2, 0.25) is 0 Å². The van der Waals surface area contributed by atoms with Crippen LogP contribution in [0.25, 0.3) is 0 Å². The summed E-state index contributed by atoms with van der Waals surface area (Å²) in [6.45, 7) is 7.03. The predicted molar refractivity (Wildman–Crippen MR) is 99.8 cm³/mol. The molecule has 0 aliphatic carbocycles. The van der Waals surface area contributed by atoms with Gasteiger partial charge in [0.25, 0.3) is 0 Å². The van der Waals surface area contributed by atoms with Gasteiger partial charge in [-0.3, -0.25) is 0 Å². The second kappa shape index (κ2) is 9.46. The zero-order chi connectivity index (χ0) is 18.2. The van der Waals surface area contributed by atoms with Crippen molar-refractivity contribution in [3.8, 4) is 0 Å². The van der Waals surface area contributed by atoms with Crippen LogP contribution < -0.4 is 5.32 Å². The number of thioether (sulfide) groups is 1. The van der Waals surface area contributed by atoms with Crippen LogP contribution in [-0.4, -0.2) is 40.4 Å². The van der Waals surface area contributed by atoms with Gasteiger partial charge < -0.3 is 14.7 Å². The Bertz CT molecular complexity index is 670. The van der Waals surface area contributed by atoms with Crippen molar-refractivity contribution in [2.75, 3.05) is 19.3 Å². The number of urea groups is 1. The number of amides is 2. The Morgan fingerprint density at radius 3 is 2.68 bits per heavy atom. The summed E-state index contributed by atoms with van der Waals surface area (Å²) >= 11 is 1.81. The zero-order valence-corrected chi connectivity index (χ0v) is 16.1. The molecule has 1 heterocycles. The van der Waals surface area contributed by atoms with Gasteiger partial charge in [-0.05, 0) is 31.2 Å². The largest absolute Gasteiger partial charge is 0.337 e. The number of nitrogens with one attached hydrogen (secondary N) is 1. The number of rotatable bonds is 8. The fourth-order valence-corrected chi connectivity index (χ4v) is 2.93. The number of aromatic nitrogens is 2. The maximum atomic E-state index is 12.1. The molecular formula is C18H26N4O2S. The quantitative estimate of drug-likeness (QED) is 0.571. The van der Waals surface area contributed by atoms with Gasteiger partial charge in [0.15, 0.2) is 5.82 Å². The third kappa shape index (κ3) is 6.42. The minimum atomic E-state index is -0.135. The number of carbonyl (C=O) groups is 1. The van der Waals surface area contributed by atoms with Crippen molar-refractivity contribution in [1.29, 1.82) is 0 Å². The zero-order valence-electron chi connectivity index (χ0n) is 15.3. The minimum absolute atomic E-state index is 0.135. The van der Waals surface area contributed by atoms with E-state index < -0.39 is 0 Å². The van der Waals surface area contributed by atoms with Gasteiger partial charge in [-0.1, -0.05) is 36.7 Å². The van der Waals surface area contributed by atoms with Gasteiger partial charge in [0, 0.05) is 24.4 Å². The summed E-state index contributed by atoms with van der Waals surface area (Å²) in [5, 5.41) is 6.68. The van der Waals surface area contributed by atoms with Crippen molar-refractivity contribution in [2.24, 2.45) is 0 Å². The van der Waals surface area contributed by atoms with Gasteiger partial charge in [-0.2, -0.15) is 4.98 Å². The molecule has 2 rings (SSSR count). The molecule has 136 valence electrons. The molecule has 1 N–H and O–H groups in total. The Kier molecular flexibility index (Phi) is 7.31. The van der Waals surface area contributed by atoms with Crippen LogP contribution in [0.1, 0.15) is 43.5 Å². The van der Waals surface area contributed by atoms with E-state index in [4.69, 9.17) is 4.52 Å². The summed E-state index contributed by atoms with van der Waals surface area (Å²) in [5.41, 5.74) is 1.27. The molecule has 0 atom stereocenters. The van der Waals surface area contributed by atoms with Crippen LogP contribution in [0, 0.1) is 6.92 Å². The number of nitrogens with zero attached hydrogens (tertiary/aromatic N) is 3. The average molecular weight is 362 g/mol. The van der Waals surface area contributed by atoms with Gasteiger partial charge in [0.05, 0.1) is 6.54 Å². The van der Waals surface area contributed by atoms with Crippen molar-refractivity contribution in [3.05, 3.63) is 41.5 Å². The molecule has 7 heteroatoms. The van der Waals surface area contributed by atoms with E-state index in [0.717, 1.165) is 12.2 Å². The van der Waals surface area contributed by atoms with Crippen LogP contribution in [-0.2, 0) is 6.54 Å². The van der Waals surface area contributed by atoms with E-state index in [0.29, 0.717) is 18.3 Å². The molecule has 0 spiro atoms. The summed E-state index contributed by atoms with van der Waals surface area (Å²) in [5.74, 6) is 2.27. The maximum Gasteiger partial charge on any atom is 0.317 e. The summed E-state index contributed by atoms with van der Waals surface area (Å²) in [6, 6.07) is 8.36. The van der Waals surface area contributed by atoms with Crippen LogP contribution in [0.3, 0.4) is 0 Å². The Morgan fingerprint density at radius 2 is 2.04 bits per heavy atom. The summed E-state index contributed by atoms with van der Waals surface area (Å²) in [6.07, 6.45) is 0.931. The molecule has 1 aromatic heterocycles. The highest BCUT2D eigenvalue weighted by atomic mass is 32.2. The number of aryl methyl sites for hydroxylation is 1. The fraction of sp³-hybridized carbons (Fsp3) is 0.500. The number of hydrogen-bond donors (Lipinski definition) is 1. The lowest BCUT2D eigenvalue weighted by atomic mass is 10.2. The minimum Gasteiger partial charge on any atom is -0.337 e. The molecule has 0 aliphatic rings. The van der Waals surface area contributed by atoms with E-state index >= 15 is 0 Å². The second-order valence-electron chi connectivity index (χ2n) is 6.30. The van der Waals surface area contributed by atoms with Gasteiger partial charge in [0.1, 0.15) is 0 Å². The Balaban J connectivity index is 1.64. The molecule has 2 amide bonds. The molecule has 0 saturated heterocycles. The predicted octanol–water partition coefficient (Wildman–Crippen LogP) is 3.83. The van der Waals surface area contributed by atoms with E-state index in [-0.39, 0.29) is 18.5 Å². The normalized spacial score (nSPS) is 10.9. The Morgan fingerprint density at radius 1 is 1.32 bits per heavy atom. The lowest BCUT2D eigenvalue weighted by Gasteiger charge is -2.17. The molecule has 0 fully saturated rings. The first kappa shape index (κ1) is 19.3. The summed E-state index contributed by atoms with van der Waals surface area (Å²) < 4.78 is 5.11. The number of benzene rings is 1. The molecule has 6 nitrogen and oxygen atoms in total. The van der Waals surface area contributed by atoms with E-state index in [2.05, 4.69) is 46.6 Å². The smallest absolute Gasteiger partial charge is 0.317 e. The van der Waals surface area contributed by atoms with Crippen LogP contribution in [0.15, 0.2) is 33.7 Å². The molecular weight excluding hydrogens is 336 g/mol. The monoisotopic (exact) mass is 362 g/mol. The van der Waals surface area contributed by atoms with Crippen LogP contribution >= 0.6 is 11.8 Å². The molecule has 0 bridgehead atoms. The lowest BCUT2D eigenvalue weighted by Crippen LogP contribution is -2.37. The highest BCUT2D eigenvalue weighted by molar-refractivity contribution is 7.99. The topological polar surface area (TPSA) is 71.3 Å². The third-order valence-corrected chi connectivity index (χ3v) is 4.76. The van der Waals surface area contributed by atoms with Crippen molar-refractivity contribution in [2.45, 2.75) is 44.6 Å². The fourth-order valence-electron chi connectivity index (χ4n) is 2.09. The average Bonchev–Trinajstić information content (AvgIpc) is 3.07. The number of hydrogen-bond acceptors (Lipinski definition) is 5. The summed E-state index contributed by atoms with van der Waals surface area (Å²) in [4.78, 5) is 19.3. The van der Waals surface area contributed by atoms with Crippen molar-refractivity contribution in [1.82, 2.24) is 20.4 Å². The van der Waals surface area contributed by atoms with Gasteiger partial charge in [-0.15, -0.1) is 11.8 Å². The first-order valence-electron chi connectivity index (χ1n) is 8.46. The molecule has 1 aromatic carbocycles. The first-order chi connectivity index (χ1) is 12.0. The standard InChI is InChI=1S/C18H26N4O2S/c1-13(2)17-20-16(24-21-17)12-19-18(23)22(4)10-5-11-25-15-8-6-14(3)7-9-15/h6-9,13H,5,10-12H2,1-4H3,(H,19,23). The molecule has 0 radical (unpaired) electrons. The van der Waals surface area contributed by atoms with Crippen LogP contribution in [0.4, 0.5) is 4.79 Å². The summed E-state index contributed by atoms with van der Waals surface area (Å²) in [7, 11) is 1.79. The SMILES string of the molecule is Cc1ccc(SCCCN(C)C(=O)NCc2nc(C(C)C)no2)cc1. The van der Waals surface area contributed by atoms with E-state index in [9.17, 15) is 4.79 Å². The van der Waals surface area contributed by atoms with Gasteiger partial charge >= 0.3 is 6.03 Å². The third-order valence-electron chi connectivity index (χ3n) is 3.67. The van der Waals surface area contributed by atoms with Crippen LogP contribution in [0.5, 0.6) is 0 Å². The van der Waals surface area contributed by atoms with Gasteiger partial charge in [-0.25, -0.2) is 4.79 Å². The number of carbonyl (C=O) groups excluding carboxylic acids is 1. The molecule has 0 saturated carbocycles. The van der Waals surface area contributed by atoms with Crippen molar-refractivity contribution < 1.29 is 9.32 Å². The highest BCUT2D eigenvalue weighted by Crippen LogP contribution is 2.19. The van der Waals surface area contributed by atoms with E-state index in [1.807, 2.05) is 13.8 Å². The Labute approximate surface area is 153 Å². The Hall–Kier alpha value is -2.02. The van der Waals surface area contributed by atoms with E-state index in [1.165, 1.54) is 10.5 Å². The van der Waals surface area contributed by atoms with E-state index in [1.54, 1.807) is 23.7 Å². The van der Waals surface area contributed by atoms with Crippen molar-refractivity contribution >= 4 is 17.8 Å².